The van der Waals surface area contributed by atoms with Gasteiger partial charge in [-0.1, -0.05) is 24.3 Å². The SMILES string of the molecule is Cc1ccc(Cn2cncc(-c3ccc(O)c(F)c3)c2=O)cc1C. The summed E-state index contributed by atoms with van der Waals surface area (Å²) < 4.78 is 15.0. The van der Waals surface area contributed by atoms with Gasteiger partial charge >= 0.3 is 0 Å². The number of phenols is 1. The summed E-state index contributed by atoms with van der Waals surface area (Å²) in [6, 6.07) is 9.88. The van der Waals surface area contributed by atoms with Crippen LogP contribution in [0.4, 0.5) is 4.39 Å². The zero-order chi connectivity index (χ0) is 17.3. The van der Waals surface area contributed by atoms with Crippen LogP contribution in [0.2, 0.25) is 0 Å². The topological polar surface area (TPSA) is 55.1 Å². The van der Waals surface area contributed by atoms with Crippen molar-refractivity contribution in [3.05, 3.63) is 81.8 Å². The summed E-state index contributed by atoms with van der Waals surface area (Å²) in [5.41, 5.74) is 3.77. The predicted molar refractivity (Wildman–Crippen MR) is 90.6 cm³/mol. The first kappa shape index (κ1) is 15.9. The zero-order valence-corrected chi connectivity index (χ0v) is 13.5. The first-order chi connectivity index (χ1) is 11.5. The zero-order valence-electron chi connectivity index (χ0n) is 13.5. The summed E-state index contributed by atoms with van der Waals surface area (Å²) >= 11 is 0. The van der Waals surface area contributed by atoms with Crippen molar-refractivity contribution in [1.82, 2.24) is 9.55 Å². The number of benzene rings is 2. The van der Waals surface area contributed by atoms with E-state index in [0.717, 1.165) is 17.2 Å². The van der Waals surface area contributed by atoms with Crippen LogP contribution >= 0.6 is 0 Å². The Kier molecular flexibility index (Phi) is 4.16. The molecule has 3 aromatic rings. The third-order valence-electron chi connectivity index (χ3n) is 4.08. The molecule has 0 aliphatic carbocycles. The molecule has 0 aliphatic rings. The van der Waals surface area contributed by atoms with Crippen molar-refractivity contribution in [3.8, 4) is 16.9 Å². The quantitative estimate of drug-likeness (QED) is 0.803. The summed E-state index contributed by atoms with van der Waals surface area (Å²) in [7, 11) is 0. The van der Waals surface area contributed by atoms with Crippen LogP contribution in [0.3, 0.4) is 0 Å². The molecule has 0 bridgehead atoms. The summed E-state index contributed by atoms with van der Waals surface area (Å²) in [5.74, 6) is -1.21. The largest absolute Gasteiger partial charge is 0.505 e. The molecular weight excluding hydrogens is 307 g/mol. The Balaban J connectivity index is 2.00. The molecule has 3 rings (SSSR count). The van der Waals surface area contributed by atoms with Gasteiger partial charge in [0.25, 0.3) is 5.56 Å². The lowest BCUT2D eigenvalue weighted by atomic mass is 10.1. The highest BCUT2D eigenvalue weighted by atomic mass is 19.1. The molecule has 122 valence electrons. The maximum absolute atomic E-state index is 13.5. The third-order valence-corrected chi connectivity index (χ3v) is 4.08. The van der Waals surface area contributed by atoms with Gasteiger partial charge < -0.3 is 5.11 Å². The molecule has 0 fully saturated rings. The molecule has 1 aromatic heterocycles. The fraction of sp³-hybridized carbons (Fsp3) is 0.158. The van der Waals surface area contributed by atoms with Crippen LogP contribution in [0.15, 0.2) is 53.7 Å². The summed E-state index contributed by atoms with van der Waals surface area (Å²) in [6.07, 6.45) is 2.88. The van der Waals surface area contributed by atoms with Gasteiger partial charge in [-0.2, -0.15) is 0 Å². The molecule has 0 saturated heterocycles. The van der Waals surface area contributed by atoms with Gasteiger partial charge in [0.2, 0.25) is 0 Å². The van der Waals surface area contributed by atoms with E-state index in [1.54, 1.807) is 0 Å². The minimum atomic E-state index is -0.767. The maximum Gasteiger partial charge on any atom is 0.261 e. The van der Waals surface area contributed by atoms with Crippen molar-refractivity contribution < 1.29 is 9.50 Å². The number of aromatic hydroxyl groups is 1. The molecule has 1 heterocycles. The molecule has 24 heavy (non-hydrogen) atoms. The molecule has 5 heteroatoms. The van der Waals surface area contributed by atoms with Crippen molar-refractivity contribution in [3.63, 3.8) is 0 Å². The lowest BCUT2D eigenvalue weighted by Crippen LogP contribution is -2.22. The van der Waals surface area contributed by atoms with E-state index in [-0.39, 0.29) is 5.56 Å². The molecule has 4 nitrogen and oxygen atoms in total. The van der Waals surface area contributed by atoms with Crippen LogP contribution in [0.1, 0.15) is 16.7 Å². The molecule has 2 aromatic carbocycles. The predicted octanol–water partition coefficient (Wildman–Crippen LogP) is 3.42. The number of phenolic OH excluding ortho intramolecular Hbond substituents is 1. The Bertz CT molecular complexity index is 964. The highest BCUT2D eigenvalue weighted by molar-refractivity contribution is 5.62. The fourth-order valence-electron chi connectivity index (χ4n) is 2.53. The molecular formula is C19H17FN2O2. The first-order valence-corrected chi connectivity index (χ1v) is 7.55. The van der Waals surface area contributed by atoms with Gasteiger partial charge in [-0.25, -0.2) is 9.37 Å². The van der Waals surface area contributed by atoms with Crippen molar-refractivity contribution in [2.75, 3.05) is 0 Å². The molecule has 0 unspecified atom stereocenters. The standard InChI is InChI=1S/C19H17FN2O2/c1-12-3-4-14(7-13(12)2)10-22-11-21-9-16(19(22)24)15-5-6-18(23)17(20)8-15/h3-9,11,23H,10H2,1-2H3. The lowest BCUT2D eigenvalue weighted by molar-refractivity contribution is 0.432. The van der Waals surface area contributed by atoms with Gasteiger partial charge in [-0.15, -0.1) is 0 Å². The van der Waals surface area contributed by atoms with Crippen LogP contribution in [0.25, 0.3) is 11.1 Å². The van der Waals surface area contributed by atoms with E-state index in [1.807, 2.05) is 32.0 Å². The summed E-state index contributed by atoms with van der Waals surface area (Å²) in [5, 5.41) is 9.28. The maximum atomic E-state index is 13.5. The number of aromatic nitrogens is 2. The molecule has 0 amide bonds. The lowest BCUT2D eigenvalue weighted by Gasteiger charge is -2.10. The highest BCUT2D eigenvalue weighted by Gasteiger charge is 2.10. The smallest absolute Gasteiger partial charge is 0.261 e. The van der Waals surface area contributed by atoms with E-state index in [0.29, 0.717) is 17.7 Å². The van der Waals surface area contributed by atoms with Crippen LogP contribution < -0.4 is 5.56 Å². The van der Waals surface area contributed by atoms with Gasteiger partial charge in [0.15, 0.2) is 11.6 Å². The average molecular weight is 324 g/mol. The van der Waals surface area contributed by atoms with E-state index in [1.165, 1.54) is 34.8 Å². The van der Waals surface area contributed by atoms with E-state index < -0.39 is 11.6 Å². The molecule has 0 saturated carbocycles. The van der Waals surface area contributed by atoms with E-state index >= 15 is 0 Å². The number of rotatable bonds is 3. The average Bonchev–Trinajstić information content (AvgIpc) is 2.56. The number of nitrogens with zero attached hydrogens (tertiary/aromatic N) is 2. The minimum Gasteiger partial charge on any atom is -0.505 e. The summed E-state index contributed by atoms with van der Waals surface area (Å²) in [4.78, 5) is 16.7. The Morgan fingerprint density at radius 2 is 1.92 bits per heavy atom. The molecule has 0 radical (unpaired) electrons. The molecule has 0 aliphatic heterocycles. The van der Waals surface area contributed by atoms with Crippen LogP contribution in [-0.2, 0) is 6.54 Å². The Morgan fingerprint density at radius 1 is 1.12 bits per heavy atom. The first-order valence-electron chi connectivity index (χ1n) is 7.55. The van der Waals surface area contributed by atoms with Gasteiger partial charge in [0, 0.05) is 6.20 Å². The Morgan fingerprint density at radius 3 is 2.62 bits per heavy atom. The van der Waals surface area contributed by atoms with Crippen LogP contribution in [0.5, 0.6) is 5.75 Å². The minimum absolute atomic E-state index is 0.256. The Labute approximate surface area is 138 Å². The van der Waals surface area contributed by atoms with Gasteiger partial charge in [-0.05, 0) is 48.2 Å². The van der Waals surface area contributed by atoms with Crippen molar-refractivity contribution in [2.24, 2.45) is 0 Å². The molecule has 0 atom stereocenters. The van der Waals surface area contributed by atoms with Gasteiger partial charge in [0.05, 0.1) is 18.4 Å². The Hall–Kier alpha value is -2.95. The summed E-state index contributed by atoms with van der Waals surface area (Å²) in [6.45, 7) is 4.45. The van der Waals surface area contributed by atoms with Crippen LogP contribution in [0, 0.1) is 19.7 Å². The number of hydrogen-bond acceptors (Lipinski definition) is 3. The van der Waals surface area contributed by atoms with Crippen molar-refractivity contribution in [2.45, 2.75) is 20.4 Å². The number of hydrogen-bond donors (Lipinski definition) is 1. The molecule has 1 N–H and O–H groups in total. The number of halogens is 1. The monoisotopic (exact) mass is 324 g/mol. The second-order valence-electron chi connectivity index (χ2n) is 5.83. The third kappa shape index (κ3) is 3.06. The second-order valence-corrected chi connectivity index (χ2v) is 5.83. The van der Waals surface area contributed by atoms with Crippen molar-refractivity contribution in [1.29, 1.82) is 0 Å². The van der Waals surface area contributed by atoms with E-state index in [4.69, 9.17) is 0 Å². The number of aryl methyl sites for hydroxylation is 2. The normalized spacial score (nSPS) is 10.8. The van der Waals surface area contributed by atoms with Gasteiger partial charge in [-0.3, -0.25) is 9.36 Å². The van der Waals surface area contributed by atoms with E-state index in [9.17, 15) is 14.3 Å². The van der Waals surface area contributed by atoms with E-state index in [2.05, 4.69) is 4.98 Å². The van der Waals surface area contributed by atoms with Crippen molar-refractivity contribution >= 4 is 0 Å². The molecule has 0 spiro atoms. The van der Waals surface area contributed by atoms with Gasteiger partial charge in [0.1, 0.15) is 0 Å². The highest BCUT2D eigenvalue weighted by Crippen LogP contribution is 2.22. The second kappa shape index (κ2) is 6.28. The fourth-order valence-corrected chi connectivity index (χ4v) is 2.53. The van der Waals surface area contributed by atoms with Crippen LogP contribution in [-0.4, -0.2) is 14.7 Å².